The lowest BCUT2D eigenvalue weighted by molar-refractivity contribution is -0.147. The van der Waals surface area contributed by atoms with Crippen LogP contribution < -0.4 is 0 Å². The third-order valence-corrected chi connectivity index (χ3v) is 5.61. The molecule has 0 aromatic rings. The lowest BCUT2D eigenvalue weighted by atomic mass is 9.70. The molecule has 2 aliphatic carbocycles. The number of aliphatic carboxylic acids is 1. The molecule has 4 unspecified atom stereocenters. The van der Waals surface area contributed by atoms with Crippen molar-refractivity contribution in [3.8, 4) is 0 Å². The van der Waals surface area contributed by atoms with Crippen molar-refractivity contribution >= 4 is 11.8 Å². The average Bonchev–Trinajstić information content (AvgIpc) is 2.43. The molecule has 0 amide bonds. The van der Waals surface area contributed by atoms with Crippen LogP contribution in [0.25, 0.3) is 0 Å². The smallest absolute Gasteiger partial charge is 0.314 e. The van der Waals surface area contributed by atoms with Gasteiger partial charge in [-0.15, -0.1) is 0 Å². The van der Waals surface area contributed by atoms with Gasteiger partial charge in [0.1, 0.15) is 5.92 Å². The maximum Gasteiger partial charge on any atom is 0.314 e. The number of ketones is 1. The Kier molecular flexibility index (Phi) is 5.88. The van der Waals surface area contributed by atoms with Crippen molar-refractivity contribution in [2.45, 2.75) is 53.4 Å². The number of carboxylic acid groups (broad SMARTS) is 1. The summed E-state index contributed by atoms with van der Waals surface area (Å²) in [7, 11) is 0. The Bertz CT molecular complexity index is 480. The molecule has 0 saturated heterocycles. The Morgan fingerprint density at radius 1 is 1.35 bits per heavy atom. The molecule has 4 heteroatoms. The molecule has 5 atom stereocenters. The lowest BCUT2D eigenvalue weighted by Gasteiger charge is -2.37. The number of carbonyl (C=O) groups is 2. The summed E-state index contributed by atoms with van der Waals surface area (Å²) in [5.74, 6) is 0.775. The summed E-state index contributed by atoms with van der Waals surface area (Å²) in [6, 6.07) is 0. The van der Waals surface area contributed by atoms with Crippen molar-refractivity contribution in [3.63, 3.8) is 0 Å². The third-order valence-electron chi connectivity index (χ3n) is 5.61. The van der Waals surface area contributed by atoms with Crippen molar-refractivity contribution in [3.05, 3.63) is 11.8 Å². The van der Waals surface area contributed by atoms with Crippen molar-refractivity contribution in [2.24, 2.45) is 35.5 Å². The van der Waals surface area contributed by atoms with Gasteiger partial charge in [0, 0.05) is 12.5 Å². The molecular formula is C19H30O4. The quantitative estimate of drug-likeness (QED) is 0.780. The van der Waals surface area contributed by atoms with Crippen LogP contribution in [0.1, 0.15) is 53.4 Å². The first-order chi connectivity index (χ1) is 10.8. The standard InChI is InChI=1S/C19H30O4/c1-11(2)16-6-5-12(3)7-14(16)10-23-15-8-13(4)18(19(21)22)17(20)9-15/h9,11-14,16,18H,5-8,10H2,1-4H3,(H,21,22)/t12?,13?,14?,16?,18-/m1/s1. The molecule has 1 saturated carbocycles. The molecule has 1 fully saturated rings. The van der Waals surface area contributed by atoms with Gasteiger partial charge < -0.3 is 9.84 Å². The molecule has 0 aromatic heterocycles. The Morgan fingerprint density at radius 3 is 2.61 bits per heavy atom. The minimum absolute atomic E-state index is 0.203. The van der Waals surface area contributed by atoms with Gasteiger partial charge in [0.05, 0.1) is 12.4 Å². The number of hydrogen-bond acceptors (Lipinski definition) is 3. The van der Waals surface area contributed by atoms with E-state index >= 15 is 0 Å². The zero-order valence-electron chi connectivity index (χ0n) is 14.7. The van der Waals surface area contributed by atoms with E-state index in [1.165, 1.54) is 25.3 Å². The Labute approximate surface area is 139 Å². The van der Waals surface area contributed by atoms with Crippen LogP contribution in [0.15, 0.2) is 11.8 Å². The molecule has 0 radical (unpaired) electrons. The Hall–Kier alpha value is -1.32. The van der Waals surface area contributed by atoms with E-state index in [1.54, 1.807) is 0 Å². The number of hydrogen-bond donors (Lipinski definition) is 1. The SMILES string of the molecule is CC1CCC(C(C)C)C(COC2=CC(=O)[C@H](C(=O)O)C(C)C2)C1. The third kappa shape index (κ3) is 4.36. The van der Waals surface area contributed by atoms with Gasteiger partial charge in [-0.05, 0) is 42.4 Å². The molecule has 4 nitrogen and oxygen atoms in total. The summed E-state index contributed by atoms with van der Waals surface area (Å²) in [6.45, 7) is 9.31. The molecule has 0 spiro atoms. The minimum atomic E-state index is -1.03. The van der Waals surface area contributed by atoms with Crippen LogP contribution in [0.2, 0.25) is 0 Å². The van der Waals surface area contributed by atoms with Crippen molar-refractivity contribution in [1.82, 2.24) is 0 Å². The second-order valence-electron chi connectivity index (χ2n) is 7.91. The monoisotopic (exact) mass is 322 g/mol. The van der Waals surface area contributed by atoms with Crippen molar-refractivity contribution in [2.75, 3.05) is 6.61 Å². The van der Waals surface area contributed by atoms with Crippen LogP contribution in [0.4, 0.5) is 0 Å². The molecule has 0 aliphatic heterocycles. The van der Waals surface area contributed by atoms with Gasteiger partial charge in [-0.1, -0.05) is 34.1 Å². The van der Waals surface area contributed by atoms with E-state index in [4.69, 9.17) is 9.84 Å². The second kappa shape index (κ2) is 7.50. The number of allylic oxidation sites excluding steroid dienone is 2. The number of carboxylic acids is 1. The van der Waals surface area contributed by atoms with Gasteiger partial charge in [0.2, 0.25) is 0 Å². The Morgan fingerprint density at radius 2 is 2.04 bits per heavy atom. The fraction of sp³-hybridized carbons (Fsp3) is 0.789. The zero-order chi connectivity index (χ0) is 17.1. The molecule has 2 aliphatic rings. The Balaban J connectivity index is 1.98. The highest BCUT2D eigenvalue weighted by molar-refractivity contribution is 6.05. The van der Waals surface area contributed by atoms with Gasteiger partial charge >= 0.3 is 5.97 Å². The maximum atomic E-state index is 12.0. The molecule has 1 N–H and O–H groups in total. The molecule has 130 valence electrons. The van der Waals surface area contributed by atoms with Gasteiger partial charge in [-0.3, -0.25) is 9.59 Å². The fourth-order valence-corrected chi connectivity index (χ4v) is 4.29. The molecule has 0 aromatic carbocycles. The predicted octanol–water partition coefficient (Wildman–Crippen LogP) is 3.91. The highest BCUT2D eigenvalue weighted by atomic mass is 16.5. The summed E-state index contributed by atoms with van der Waals surface area (Å²) < 4.78 is 5.97. The summed E-state index contributed by atoms with van der Waals surface area (Å²) in [4.78, 5) is 23.1. The van der Waals surface area contributed by atoms with Crippen LogP contribution in [-0.4, -0.2) is 23.5 Å². The largest absolute Gasteiger partial charge is 0.497 e. The van der Waals surface area contributed by atoms with Crippen LogP contribution in [-0.2, 0) is 14.3 Å². The van der Waals surface area contributed by atoms with Crippen LogP contribution in [0.3, 0.4) is 0 Å². The van der Waals surface area contributed by atoms with E-state index < -0.39 is 11.9 Å². The van der Waals surface area contributed by atoms with Crippen molar-refractivity contribution < 1.29 is 19.4 Å². The summed E-state index contributed by atoms with van der Waals surface area (Å²) in [5, 5.41) is 9.13. The number of carbonyl (C=O) groups excluding carboxylic acids is 1. The zero-order valence-corrected chi connectivity index (χ0v) is 14.7. The summed E-state index contributed by atoms with van der Waals surface area (Å²) in [6.07, 6.45) is 5.67. The minimum Gasteiger partial charge on any atom is -0.497 e. The fourth-order valence-electron chi connectivity index (χ4n) is 4.29. The van der Waals surface area contributed by atoms with Gasteiger partial charge in [-0.25, -0.2) is 0 Å². The normalized spacial score (nSPS) is 35.1. The lowest BCUT2D eigenvalue weighted by Crippen LogP contribution is -2.34. The summed E-state index contributed by atoms with van der Waals surface area (Å²) >= 11 is 0. The molecule has 0 bridgehead atoms. The first-order valence-electron chi connectivity index (χ1n) is 8.89. The van der Waals surface area contributed by atoms with Crippen LogP contribution in [0, 0.1) is 35.5 Å². The van der Waals surface area contributed by atoms with E-state index in [1.807, 2.05) is 6.92 Å². The second-order valence-corrected chi connectivity index (χ2v) is 7.91. The first kappa shape index (κ1) is 18.0. The van der Waals surface area contributed by atoms with Gasteiger partial charge in [0.15, 0.2) is 5.78 Å². The summed E-state index contributed by atoms with van der Waals surface area (Å²) in [5.41, 5.74) is 0. The molecular weight excluding hydrogens is 292 g/mol. The van der Waals surface area contributed by atoms with E-state index in [9.17, 15) is 9.59 Å². The first-order valence-corrected chi connectivity index (χ1v) is 8.89. The maximum absolute atomic E-state index is 12.0. The predicted molar refractivity (Wildman–Crippen MR) is 88.8 cm³/mol. The van der Waals surface area contributed by atoms with Gasteiger partial charge in [0.25, 0.3) is 0 Å². The van der Waals surface area contributed by atoms with Crippen molar-refractivity contribution in [1.29, 1.82) is 0 Å². The topological polar surface area (TPSA) is 63.6 Å². The van der Waals surface area contributed by atoms with E-state index in [0.29, 0.717) is 36.5 Å². The molecule has 0 heterocycles. The average molecular weight is 322 g/mol. The number of rotatable bonds is 5. The highest BCUT2D eigenvalue weighted by Crippen LogP contribution is 2.39. The molecule has 23 heavy (non-hydrogen) atoms. The van der Waals surface area contributed by atoms with E-state index in [-0.39, 0.29) is 11.7 Å². The van der Waals surface area contributed by atoms with E-state index in [2.05, 4.69) is 20.8 Å². The van der Waals surface area contributed by atoms with Crippen LogP contribution >= 0.6 is 0 Å². The van der Waals surface area contributed by atoms with Gasteiger partial charge in [-0.2, -0.15) is 0 Å². The number of ether oxygens (including phenoxy) is 1. The van der Waals surface area contributed by atoms with Crippen LogP contribution in [0.5, 0.6) is 0 Å². The molecule has 2 rings (SSSR count). The van der Waals surface area contributed by atoms with E-state index in [0.717, 1.165) is 5.92 Å². The highest BCUT2D eigenvalue weighted by Gasteiger charge is 2.36.